The Bertz CT molecular complexity index is 258. The Labute approximate surface area is 70.8 Å². The average Bonchev–Trinajstić information content (AvgIpc) is 2.05. The van der Waals surface area contributed by atoms with E-state index in [9.17, 15) is 4.79 Å². The summed E-state index contributed by atoms with van der Waals surface area (Å²) >= 11 is 0. The largest absolute Gasteiger partial charge is 0.328 e. The number of nitrogens with zero attached hydrogens (tertiary/aromatic N) is 2. The van der Waals surface area contributed by atoms with Crippen molar-refractivity contribution >= 4 is 5.78 Å². The Morgan fingerprint density at radius 3 is 2.67 bits per heavy atom. The Balaban J connectivity index is 2.66. The second-order valence-corrected chi connectivity index (χ2v) is 2.73. The van der Waals surface area contributed by atoms with E-state index in [1.165, 1.54) is 18.7 Å². The second-order valence-electron chi connectivity index (χ2n) is 2.73. The smallest absolute Gasteiger partial charge is 0.167 e. The van der Waals surface area contributed by atoms with Crippen molar-refractivity contribution in [1.82, 2.24) is 9.97 Å². The lowest BCUT2D eigenvalue weighted by molar-refractivity contribution is 0.0976. The minimum atomic E-state index is -0.113. The van der Waals surface area contributed by atoms with Gasteiger partial charge < -0.3 is 5.73 Å². The highest BCUT2D eigenvalue weighted by Crippen LogP contribution is 2.00. The van der Waals surface area contributed by atoms with Crippen LogP contribution in [0, 0.1) is 0 Å². The molecule has 0 bridgehead atoms. The zero-order valence-corrected chi connectivity index (χ0v) is 6.90. The van der Waals surface area contributed by atoms with E-state index in [0.717, 1.165) is 0 Å². The molecule has 0 saturated heterocycles. The molecule has 1 atom stereocenters. The molecule has 0 amide bonds. The molecule has 1 aromatic heterocycles. The number of carbonyl (C=O) groups is 1. The molecule has 4 nitrogen and oxygen atoms in total. The van der Waals surface area contributed by atoms with Crippen molar-refractivity contribution < 1.29 is 4.79 Å². The number of hydrogen-bond acceptors (Lipinski definition) is 4. The van der Waals surface area contributed by atoms with Crippen LogP contribution in [-0.4, -0.2) is 21.8 Å². The van der Waals surface area contributed by atoms with Gasteiger partial charge in [-0.3, -0.25) is 4.79 Å². The van der Waals surface area contributed by atoms with Crippen LogP contribution in [0.3, 0.4) is 0 Å². The highest BCUT2D eigenvalue weighted by Gasteiger charge is 2.07. The Morgan fingerprint density at radius 2 is 2.17 bits per heavy atom. The van der Waals surface area contributed by atoms with Gasteiger partial charge in [-0.1, -0.05) is 0 Å². The van der Waals surface area contributed by atoms with Gasteiger partial charge in [0, 0.05) is 24.9 Å². The lowest BCUT2D eigenvalue weighted by Crippen LogP contribution is -2.19. The third-order valence-electron chi connectivity index (χ3n) is 1.39. The van der Waals surface area contributed by atoms with Crippen molar-refractivity contribution in [3.8, 4) is 0 Å². The fraction of sp³-hybridized carbons (Fsp3) is 0.375. The SMILES string of the molecule is CC(N)CC(=O)c1cncnc1. The number of rotatable bonds is 3. The fourth-order valence-electron chi connectivity index (χ4n) is 0.853. The van der Waals surface area contributed by atoms with Crippen LogP contribution < -0.4 is 5.73 Å². The predicted molar refractivity (Wildman–Crippen MR) is 44.6 cm³/mol. The molecular formula is C8H11N3O. The van der Waals surface area contributed by atoms with Gasteiger partial charge in [0.05, 0.1) is 5.56 Å². The van der Waals surface area contributed by atoms with Crippen LogP contribution in [0.5, 0.6) is 0 Å². The standard InChI is InChI=1S/C8H11N3O/c1-6(9)2-8(12)7-3-10-5-11-4-7/h3-6H,2,9H2,1H3. The van der Waals surface area contributed by atoms with Gasteiger partial charge in [-0.25, -0.2) is 9.97 Å². The van der Waals surface area contributed by atoms with E-state index in [-0.39, 0.29) is 11.8 Å². The van der Waals surface area contributed by atoms with E-state index in [2.05, 4.69) is 9.97 Å². The Kier molecular flexibility index (Phi) is 2.88. The fourth-order valence-corrected chi connectivity index (χ4v) is 0.853. The van der Waals surface area contributed by atoms with Crippen molar-refractivity contribution in [1.29, 1.82) is 0 Å². The topological polar surface area (TPSA) is 68.9 Å². The lowest BCUT2D eigenvalue weighted by Gasteiger charge is -2.02. The van der Waals surface area contributed by atoms with Crippen LogP contribution in [0.2, 0.25) is 0 Å². The minimum Gasteiger partial charge on any atom is -0.328 e. The molecule has 1 rings (SSSR count). The van der Waals surface area contributed by atoms with Crippen LogP contribution in [-0.2, 0) is 0 Å². The molecule has 0 aliphatic heterocycles. The summed E-state index contributed by atoms with van der Waals surface area (Å²) in [6.45, 7) is 1.79. The number of aromatic nitrogens is 2. The van der Waals surface area contributed by atoms with E-state index in [0.29, 0.717) is 12.0 Å². The summed E-state index contributed by atoms with van der Waals surface area (Å²) in [6, 6.07) is -0.113. The van der Waals surface area contributed by atoms with Crippen LogP contribution in [0.15, 0.2) is 18.7 Å². The molecule has 0 aromatic carbocycles. The summed E-state index contributed by atoms with van der Waals surface area (Å²) in [4.78, 5) is 18.8. The molecule has 2 N–H and O–H groups in total. The Morgan fingerprint density at radius 1 is 1.58 bits per heavy atom. The summed E-state index contributed by atoms with van der Waals surface area (Å²) in [5.74, 6) is -0.00870. The summed E-state index contributed by atoms with van der Waals surface area (Å²) in [6.07, 6.45) is 4.73. The van der Waals surface area contributed by atoms with Gasteiger partial charge in [-0.05, 0) is 6.92 Å². The monoisotopic (exact) mass is 165 g/mol. The van der Waals surface area contributed by atoms with E-state index in [1.54, 1.807) is 6.92 Å². The van der Waals surface area contributed by atoms with Crippen LogP contribution in [0.25, 0.3) is 0 Å². The first-order valence-electron chi connectivity index (χ1n) is 3.74. The van der Waals surface area contributed by atoms with E-state index in [1.807, 2.05) is 0 Å². The van der Waals surface area contributed by atoms with Crippen LogP contribution in [0.1, 0.15) is 23.7 Å². The summed E-state index contributed by atoms with van der Waals surface area (Å²) < 4.78 is 0. The number of hydrogen-bond donors (Lipinski definition) is 1. The van der Waals surface area contributed by atoms with Gasteiger partial charge in [0.1, 0.15) is 6.33 Å². The quantitative estimate of drug-likeness (QED) is 0.658. The number of ketones is 1. The molecular weight excluding hydrogens is 154 g/mol. The van der Waals surface area contributed by atoms with Crippen molar-refractivity contribution in [2.75, 3.05) is 0 Å². The normalized spacial score (nSPS) is 12.5. The summed E-state index contributed by atoms with van der Waals surface area (Å²) in [5.41, 5.74) is 5.99. The van der Waals surface area contributed by atoms with Crippen molar-refractivity contribution in [2.45, 2.75) is 19.4 Å². The molecule has 1 aromatic rings. The first-order valence-corrected chi connectivity index (χ1v) is 3.74. The zero-order valence-electron chi connectivity index (χ0n) is 6.90. The molecule has 0 radical (unpaired) electrons. The number of nitrogens with two attached hydrogens (primary N) is 1. The van der Waals surface area contributed by atoms with Gasteiger partial charge in [0.25, 0.3) is 0 Å². The third-order valence-corrected chi connectivity index (χ3v) is 1.39. The maximum atomic E-state index is 11.3. The molecule has 1 unspecified atom stereocenters. The van der Waals surface area contributed by atoms with Crippen molar-refractivity contribution in [3.63, 3.8) is 0 Å². The highest BCUT2D eigenvalue weighted by atomic mass is 16.1. The number of carbonyl (C=O) groups excluding carboxylic acids is 1. The molecule has 4 heteroatoms. The maximum Gasteiger partial charge on any atom is 0.167 e. The maximum absolute atomic E-state index is 11.3. The first-order chi connectivity index (χ1) is 5.70. The molecule has 0 aliphatic carbocycles. The van der Waals surface area contributed by atoms with Gasteiger partial charge >= 0.3 is 0 Å². The zero-order chi connectivity index (χ0) is 8.97. The summed E-state index contributed by atoms with van der Waals surface area (Å²) in [5, 5.41) is 0. The molecule has 12 heavy (non-hydrogen) atoms. The second kappa shape index (κ2) is 3.92. The van der Waals surface area contributed by atoms with Crippen LogP contribution >= 0.6 is 0 Å². The van der Waals surface area contributed by atoms with E-state index < -0.39 is 0 Å². The number of Topliss-reactive ketones (excluding diaryl/α,β-unsaturated/α-hetero) is 1. The van der Waals surface area contributed by atoms with Crippen molar-refractivity contribution in [3.05, 3.63) is 24.3 Å². The van der Waals surface area contributed by atoms with Crippen LogP contribution in [0.4, 0.5) is 0 Å². The minimum absolute atomic E-state index is 0.00870. The molecule has 0 aliphatic rings. The molecule has 64 valence electrons. The molecule has 0 fully saturated rings. The van der Waals surface area contributed by atoms with Crippen molar-refractivity contribution in [2.24, 2.45) is 5.73 Å². The lowest BCUT2D eigenvalue weighted by atomic mass is 10.1. The third kappa shape index (κ3) is 2.39. The van der Waals surface area contributed by atoms with Gasteiger partial charge in [-0.15, -0.1) is 0 Å². The van der Waals surface area contributed by atoms with E-state index in [4.69, 9.17) is 5.73 Å². The average molecular weight is 165 g/mol. The van der Waals surface area contributed by atoms with Gasteiger partial charge in [0.2, 0.25) is 0 Å². The van der Waals surface area contributed by atoms with Gasteiger partial charge in [-0.2, -0.15) is 0 Å². The first kappa shape index (κ1) is 8.80. The molecule has 1 heterocycles. The van der Waals surface area contributed by atoms with Gasteiger partial charge in [0.15, 0.2) is 5.78 Å². The highest BCUT2D eigenvalue weighted by molar-refractivity contribution is 5.95. The summed E-state index contributed by atoms with van der Waals surface area (Å²) in [7, 11) is 0. The molecule has 0 saturated carbocycles. The van der Waals surface area contributed by atoms with E-state index >= 15 is 0 Å². The molecule has 0 spiro atoms. The Hall–Kier alpha value is -1.29. The predicted octanol–water partition coefficient (Wildman–Crippen LogP) is 0.397.